The third-order valence-corrected chi connectivity index (χ3v) is 5.58. The van der Waals surface area contributed by atoms with Gasteiger partial charge >= 0.3 is 0 Å². The van der Waals surface area contributed by atoms with Crippen LogP contribution < -0.4 is 10.0 Å². The fraction of sp³-hybridized carbons (Fsp3) is 0.714. The van der Waals surface area contributed by atoms with Gasteiger partial charge in [-0.3, -0.25) is 0 Å². The molecule has 1 aliphatic rings. The van der Waals surface area contributed by atoms with Crippen molar-refractivity contribution < 1.29 is 12.8 Å². The van der Waals surface area contributed by atoms with Crippen molar-refractivity contribution in [3.8, 4) is 0 Å². The van der Waals surface area contributed by atoms with Gasteiger partial charge in [-0.25, -0.2) is 13.1 Å². The molecule has 0 bridgehead atoms. The minimum Gasteiger partial charge on any atom is -0.465 e. The molecule has 5 nitrogen and oxygen atoms in total. The van der Waals surface area contributed by atoms with Crippen molar-refractivity contribution in [1.82, 2.24) is 10.0 Å². The van der Waals surface area contributed by atoms with Crippen molar-refractivity contribution in [3.05, 3.63) is 17.1 Å². The maximum Gasteiger partial charge on any atom is 0.244 e. The number of furan rings is 1. The van der Waals surface area contributed by atoms with E-state index in [1.165, 1.54) is 0 Å². The van der Waals surface area contributed by atoms with Gasteiger partial charge < -0.3 is 9.73 Å². The number of aryl methyl sites for hydroxylation is 2. The Bertz CT molecular complexity index is 577. The van der Waals surface area contributed by atoms with Gasteiger partial charge in [-0.05, 0) is 32.7 Å². The Hall–Kier alpha value is -0.850. The molecule has 0 aromatic carbocycles. The molecule has 1 aromatic heterocycles. The predicted octanol–water partition coefficient (Wildman–Crippen LogP) is 2.08. The molecule has 0 spiro atoms. The second-order valence-electron chi connectivity index (χ2n) is 5.43. The molecule has 2 atom stereocenters. The summed E-state index contributed by atoms with van der Waals surface area (Å²) in [5, 5.41) is 3.17. The van der Waals surface area contributed by atoms with E-state index < -0.39 is 10.0 Å². The quantitative estimate of drug-likeness (QED) is 0.809. The summed E-state index contributed by atoms with van der Waals surface area (Å²) in [6, 6.07) is 0.0894. The lowest BCUT2D eigenvalue weighted by Crippen LogP contribution is -2.28. The summed E-state index contributed by atoms with van der Waals surface area (Å²) in [6.07, 6.45) is 1.95. The summed E-state index contributed by atoms with van der Waals surface area (Å²) in [5.74, 6) is 1.62. The van der Waals surface area contributed by atoms with Crippen molar-refractivity contribution in [2.24, 2.45) is 5.92 Å². The van der Waals surface area contributed by atoms with Crippen LogP contribution in [0.1, 0.15) is 43.8 Å². The van der Waals surface area contributed by atoms with Gasteiger partial charge in [0.25, 0.3) is 0 Å². The molecule has 6 heteroatoms. The fourth-order valence-corrected chi connectivity index (χ4v) is 4.38. The maximum absolute atomic E-state index is 12.6. The largest absolute Gasteiger partial charge is 0.465 e. The van der Waals surface area contributed by atoms with Crippen molar-refractivity contribution in [2.45, 2.75) is 58.0 Å². The zero-order valence-corrected chi connectivity index (χ0v) is 13.4. The highest BCUT2D eigenvalue weighted by Crippen LogP contribution is 2.35. The molecule has 0 aliphatic heterocycles. The van der Waals surface area contributed by atoms with Crippen molar-refractivity contribution in [3.63, 3.8) is 0 Å². The summed E-state index contributed by atoms with van der Waals surface area (Å²) in [7, 11) is -3.49. The van der Waals surface area contributed by atoms with Crippen molar-refractivity contribution in [2.75, 3.05) is 6.54 Å². The lowest BCUT2D eigenvalue weighted by atomic mass is 10.2. The number of sulfonamides is 1. The highest BCUT2D eigenvalue weighted by atomic mass is 32.2. The zero-order valence-electron chi connectivity index (χ0n) is 12.6. The van der Waals surface area contributed by atoms with Crippen LogP contribution in [0.4, 0.5) is 0 Å². The van der Waals surface area contributed by atoms with Gasteiger partial charge in [-0.15, -0.1) is 0 Å². The lowest BCUT2D eigenvalue weighted by Gasteiger charge is -2.08. The van der Waals surface area contributed by atoms with Gasteiger partial charge in [0, 0.05) is 18.2 Å². The molecule has 20 heavy (non-hydrogen) atoms. The first kappa shape index (κ1) is 15.5. The third kappa shape index (κ3) is 3.07. The third-order valence-electron chi connectivity index (χ3n) is 3.90. The zero-order chi connectivity index (χ0) is 14.9. The molecule has 0 saturated heterocycles. The number of nitrogens with one attached hydrogen (secondary N) is 2. The molecule has 1 saturated carbocycles. The monoisotopic (exact) mass is 300 g/mol. The number of rotatable bonds is 7. The molecular formula is C14H24N2O3S. The van der Waals surface area contributed by atoms with Gasteiger partial charge in [0.05, 0.1) is 0 Å². The first-order chi connectivity index (χ1) is 9.40. The Balaban J connectivity index is 2.26. The second-order valence-corrected chi connectivity index (χ2v) is 7.09. The SMILES string of the molecule is CCNCc1c(C)oc(C)c1S(=O)(=O)NC1CC1CC. The predicted molar refractivity (Wildman–Crippen MR) is 78.1 cm³/mol. The minimum absolute atomic E-state index is 0.0894. The topological polar surface area (TPSA) is 71.3 Å². The smallest absolute Gasteiger partial charge is 0.244 e. The molecule has 0 amide bonds. The fourth-order valence-electron chi connectivity index (χ4n) is 2.62. The van der Waals surface area contributed by atoms with E-state index in [2.05, 4.69) is 17.0 Å². The van der Waals surface area contributed by atoms with Crippen LogP contribution in [0.5, 0.6) is 0 Å². The Morgan fingerprint density at radius 3 is 2.50 bits per heavy atom. The van der Waals surface area contributed by atoms with E-state index in [-0.39, 0.29) is 6.04 Å². The van der Waals surface area contributed by atoms with Crippen LogP contribution in [-0.2, 0) is 16.6 Å². The maximum atomic E-state index is 12.6. The summed E-state index contributed by atoms with van der Waals surface area (Å²) in [6.45, 7) is 8.90. The summed E-state index contributed by atoms with van der Waals surface area (Å²) in [5.41, 5.74) is 0.741. The van der Waals surface area contributed by atoms with E-state index in [0.717, 1.165) is 24.9 Å². The molecule has 2 N–H and O–H groups in total. The lowest BCUT2D eigenvalue weighted by molar-refractivity contribution is 0.493. The van der Waals surface area contributed by atoms with Gasteiger partial charge in [0.2, 0.25) is 10.0 Å². The van der Waals surface area contributed by atoms with Crippen LogP contribution in [0, 0.1) is 19.8 Å². The van der Waals surface area contributed by atoms with Crippen molar-refractivity contribution >= 4 is 10.0 Å². The highest BCUT2D eigenvalue weighted by molar-refractivity contribution is 7.89. The highest BCUT2D eigenvalue weighted by Gasteiger charge is 2.40. The molecule has 1 heterocycles. The van der Waals surface area contributed by atoms with Gasteiger partial charge in [-0.1, -0.05) is 20.3 Å². The Kier molecular flexibility index (Phi) is 4.56. The van der Waals surface area contributed by atoms with E-state index in [0.29, 0.717) is 28.9 Å². The molecular weight excluding hydrogens is 276 g/mol. The standard InChI is InChI=1S/C14H24N2O3S/c1-5-11-7-13(11)16-20(17,18)14-10(4)19-9(3)12(14)8-15-6-2/h11,13,15-16H,5-8H2,1-4H3. The summed E-state index contributed by atoms with van der Waals surface area (Å²) in [4.78, 5) is 0.317. The van der Waals surface area contributed by atoms with Crippen LogP contribution in [0.25, 0.3) is 0 Å². The van der Waals surface area contributed by atoms with Crippen LogP contribution in [0.2, 0.25) is 0 Å². The van der Waals surface area contributed by atoms with Gasteiger partial charge in [0.15, 0.2) is 0 Å². The minimum atomic E-state index is -3.49. The van der Waals surface area contributed by atoms with E-state index in [1.807, 2.05) is 13.8 Å². The Labute approximate surface area is 121 Å². The molecule has 2 rings (SSSR count). The first-order valence-corrected chi connectivity index (χ1v) is 8.70. The van der Waals surface area contributed by atoms with Gasteiger partial charge in [-0.2, -0.15) is 0 Å². The van der Waals surface area contributed by atoms with Crippen LogP contribution in [0.3, 0.4) is 0 Å². The van der Waals surface area contributed by atoms with E-state index in [1.54, 1.807) is 6.92 Å². The summed E-state index contributed by atoms with van der Waals surface area (Å²) >= 11 is 0. The van der Waals surface area contributed by atoms with E-state index >= 15 is 0 Å². The van der Waals surface area contributed by atoms with E-state index in [9.17, 15) is 8.42 Å². The molecule has 1 fully saturated rings. The second kappa shape index (κ2) is 5.87. The first-order valence-electron chi connectivity index (χ1n) is 7.22. The van der Waals surface area contributed by atoms with Crippen LogP contribution in [-0.4, -0.2) is 21.0 Å². The Morgan fingerprint density at radius 1 is 1.25 bits per heavy atom. The average Bonchev–Trinajstić information content (AvgIpc) is 3.03. The normalized spacial score (nSPS) is 22.2. The molecule has 2 unspecified atom stereocenters. The molecule has 0 radical (unpaired) electrons. The molecule has 1 aliphatic carbocycles. The Morgan fingerprint density at radius 2 is 1.95 bits per heavy atom. The van der Waals surface area contributed by atoms with Crippen molar-refractivity contribution in [1.29, 1.82) is 0 Å². The average molecular weight is 300 g/mol. The number of hydrogen-bond donors (Lipinski definition) is 2. The van der Waals surface area contributed by atoms with Gasteiger partial charge in [0.1, 0.15) is 16.4 Å². The van der Waals surface area contributed by atoms with E-state index in [4.69, 9.17) is 4.42 Å². The molecule has 114 valence electrons. The summed E-state index contributed by atoms with van der Waals surface area (Å²) < 4.78 is 33.5. The van der Waals surface area contributed by atoms with Crippen LogP contribution in [0.15, 0.2) is 9.31 Å². The number of hydrogen-bond acceptors (Lipinski definition) is 4. The molecule has 1 aromatic rings. The van der Waals surface area contributed by atoms with Crippen LogP contribution >= 0.6 is 0 Å².